The zero-order valence-corrected chi connectivity index (χ0v) is 20.3. The van der Waals surface area contributed by atoms with E-state index in [1.807, 2.05) is 0 Å². The second kappa shape index (κ2) is 8.82. The van der Waals surface area contributed by atoms with Gasteiger partial charge < -0.3 is 24.3 Å². The number of halogens is 3. The van der Waals surface area contributed by atoms with Gasteiger partial charge in [0, 0.05) is 18.1 Å². The summed E-state index contributed by atoms with van der Waals surface area (Å²) in [6, 6.07) is 7.05. The summed E-state index contributed by atoms with van der Waals surface area (Å²) in [4.78, 5) is 21.6. The number of aryl methyl sites for hydroxylation is 1. The minimum Gasteiger partial charge on any atom is -0.441 e. The molecule has 9 nitrogen and oxygen atoms in total. The molecule has 2 fully saturated rings. The summed E-state index contributed by atoms with van der Waals surface area (Å²) in [5, 5.41) is 13.0. The average Bonchev–Trinajstić information content (AvgIpc) is 3.61. The van der Waals surface area contributed by atoms with Gasteiger partial charge in [0.2, 0.25) is 0 Å². The minimum atomic E-state index is -0.725. The number of nitrogens with one attached hydrogen (secondary N) is 1. The molecule has 2 N–H and O–H groups in total. The maximum atomic E-state index is 15.1. The van der Waals surface area contributed by atoms with Crippen molar-refractivity contribution in [3.8, 4) is 22.6 Å². The Bertz CT molecular complexity index is 1510. The molecule has 0 bridgehead atoms. The van der Waals surface area contributed by atoms with Crippen LogP contribution in [0.5, 0.6) is 0 Å². The summed E-state index contributed by atoms with van der Waals surface area (Å²) in [6.07, 6.45) is -0.137. The van der Waals surface area contributed by atoms with Crippen molar-refractivity contribution in [2.24, 2.45) is 0 Å². The third-order valence-electron chi connectivity index (χ3n) is 6.36. The number of nitrogens with zero attached hydrogens (tertiary/aromatic N) is 3. The molecule has 6 rings (SSSR count). The third-order valence-corrected chi connectivity index (χ3v) is 6.99. The van der Waals surface area contributed by atoms with Crippen molar-refractivity contribution in [3.63, 3.8) is 0 Å². The first-order valence-corrected chi connectivity index (χ1v) is 11.9. The van der Waals surface area contributed by atoms with Gasteiger partial charge in [-0.2, -0.15) is 0 Å². The summed E-state index contributed by atoms with van der Waals surface area (Å²) >= 11 is 13.1. The molecule has 0 unspecified atom stereocenters. The van der Waals surface area contributed by atoms with Crippen molar-refractivity contribution in [1.29, 1.82) is 0 Å². The van der Waals surface area contributed by atoms with Crippen molar-refractivity contribution in [2.75, 3.05) is 13.2 Å². The molecule has 36 heavy (non-hydrogen) atoms. The number of oxazole rings is 1. The van der Waals surface area contributed by atoms with Crippen LogP contribution < -0.4 is 5.32 Å². The van der Waals surface area contributed by atoms with Gasteiger partial charge >= 0.3 is 0 Å². The number of carbonyl (C=O) groups excluding carboxylic acids is 1. The zero-order valence-electron chi connectivity index (χ0n) is 18.7. The number of aliphatic hydroxyl groups excluding tert-OH is 1. The number of benzene rings is 1. The van der Waals surface area contributed by atoms with E-state index in [0.29, 0.717) is 17.2 Å². The van der Waals surface area contributed by atoms with E-state index in [0.717, 1.165) is 0 Å². The number of amides is 1. The van der Waals surface area contributed by atoms with Gasteiger partial charge in [-0.15, -0.1) is 0 Å². The Morgan fingerprint density at radius 1 is 1.22 bits per heavy atom. The smallest absolute Gasteiger partial charge is 0.251 e. The molecule has 4 aromatic rings. The lowest BCUT2D eigenvalue weighted by molar-refractivity contribution is 0.0178. The van der Waals surface area contributed by atoms with Crippen LogP contribution in [0, 0.1) is 12.7 Å². The molecular formula is C24H19Cl2FN4O5. The van der Waals surface area contributed by atoms with Crippen LogP contribution in [-0.4, -0.2) is 62.9 Å². The van der Waals surface area contributed by atoms with Crippen LogP contribution in [0.3, 0.4) is 0 Å². The van der Waals surface area contributed by atoms with Crippen LogP contribution in [0.25, 0.3) is 28.2 Å². The molecule has 2 aliphatic heterocycles. The highest BCUT2D eigenvalue weighted by Crippen LogP contribution is 2.39. The number of rotatable bonds is 4. The SMILES string of the molecule is Cc1ncc(-c2cccc(F)c2-c2nc3cc(C(=O)N[C@@H]4CO[C@H]5[C@@H]4OC[C@H]5O)cc(Cl)n3c2Cl)o1. The maximum absolute atomic E-state index is 15.1. The van der Waals surface area contributed by atoms with Crippen LogP contribution in [0.15, 0.2) is 40.9 Å². The lowest BCUT2D eigenvalue weighted by atomic mass is 10.0. The number of aromatic nitrogens is 3. The first kappa shape index (κ1) is 23.4. The van der Waals surface area contributed by atoms with Gasteiger partial charge in [-0.3, -0.25) is 9.20 Å². The number of aliphatic hydroxyl groups is 1. The summed E-state index contributed by atoms with van der Waals surface area (Å²) in [7, 11) is 0. The molecule has 0 saturated carbocycles. The van der Waals surface area contributed by atoms with Gasteiger partial charge in [-0.1, -0.05) is 35.3 Å². The number of ether oxygens (including phenoxy) is 2. The number of imidazole rings is 1. The van der Waals surface area contributed by atoms with Crippen molar-refractivity contribution < 1.29 is 28.2 Å². The molecule has 2 saturated heterocycles. The quantitative estimate of drug-likeness (QED) is 0.385. The van der Waals surface area contributed by atoms with Gasteiger partial charge in [0.05, 0.1) is 31.0 Å². The van der Waals surface area contributed by atoms with E-state index >= 15 is 4.39 Å². The maximum Gasteiger partial charge on any atom is 0.251 e. The van der Waals surface area contributed by atoms with Crippen LogP contribution in [-0.2, 0) is 9.47 Å². The number of carbonyl (C=O) groups is 1. The summed E-state index contributed by atoms with van der Waals surface area (Å²) in [5.74, 6) is -0.201. The van der Waals surface area contributed by atoms with E-state index in [1.165, 1.54) is 28.8 Å². The predicted octanol–water partition coefficient (Wildman–Crippen LogP) is 3.67. The molecule has 0 spiro atoms. The minimum absolute atomic E-state index is 0.0740. The Labute approximate surface area is 213 Å². The second-order valence-electron chi connectivity index (χ2n) is 8.66. The van der Waals surface area contributed by atoms with Crippen LogP contribution in [0.1, 0.15) is 16.2 Å². The van der Waals surface area contributed by atoms with Crippen molar-refractivity contribution >= 4 is 34.8 Å². The molecule has 186 valence electrons. The van der Waals surface area contributed by atoms with Crippen LogP contribution in [0.4, 0.5) is 4.39 Å². The molecular weight excluding hydrogens is 514 g/mol. The van der Waals surface area contributed by atoms with Crippen LogP contribution >= 0.6 is 23.2 Å². The summed E-state index contributed by atoms with van der Waals surface area (Å²) in [6.45, 7) is 2.05. The number of pyridine rings is 1. The fourth-order valence-electron chi connectivity index (χ4n) is 4.69. The summed E-state index contributed by atoms with van der Waals surface area (Å²) < 4.78 is 33.2. The van der Waals surface area contributed by atoms with Crippen molar-refractivity contribution in [1.82, 2.24) is 19.7 Å². The van der Waals surface area contributed by atoms with Gasteiger partial charge in [-0.05, 0) is 18.2 Å². The average molecular weight is 533 g/mol. The Morgan fingerprint density at radius 2 is 2.03 bits per heavy atom. The predicted molar refractivity (Wildman–Crippen MR) is 128 cm³/mol. The normalized spacial score (nSPS) is 23.4. The molecule has 12 heteroatoms. The van der Waals surface area contributed by atoms with E-state index < -0.39 is 36.1 Å². The van der Waals surface area contributed by atoms with Gasteiger partial charge in [-0.25, -0.2) is 14.4 Å². The van der Waals surface area contributed by atoms with E-state index in [2.05, 4.69) is 15.3 Å². The highest BCUT2D eigenvalue weighted by atomic mass is 35.5. The first-order valence-electron chi connectivity index (χ1n) is 11.1. The highest BCUT2D eigenvalue weighted by Gasteiger charge is 2.47. The molecule has 2 aliphatic rings. The fourth-order valence-corrected chi connectivity index (χ4v) is 5.34. The zero-order chi connectivity index (χ0) is 25.1. The fraction of sp³-hybridized carbons (Fsp3) is 0.292. The molecule has 3 aromatic heterocycles. The largest absolute Gasteiger partial charge is 0.441 e. The lowest BCUT2D eigenvalue weighted by Crippen LogP contribution is -2.44. The third kappa shape index (κ3) is 3.77. The molecule has 5 heterocycles. The second-order valence-corrected chi connectivity index (χ2v) is 9.41. The van der Waals surface area contributed by atoms with E-state index in [9.17, 15) is 9.90 Å². The monoisotopic (exact) mass is 532 g/mol. The van der Waals surface area contributed by atoms with E-state index in [4.69, 9.17) is 37.1 Å². The first-order chi connectivity index (χ1) is 17.3. The standard InChI is InChI=1S/C24H19Cl2FN4O5/c1-10-28-7-16(36-10)12-3-2-4-13(27)19(12)20-23(26)31-17(25)5-11(6-18(31)30-20)24(33)29-14-8-34-22-15(32)9-35-21(14)22/h2-7,14-15,21-22,32H,8-9H2,1H3,(H,29,33)/t14-,15-,21-,22-/m1/s1. The topological polar surface area (TPSA) is 111 Å². The van der Waals surface area contributed by atoms with Gasteiger partial charge in [0.15, 0.2) is 11.7 Å². The molecule has 0 aliphatic carbocycles. The summed E-state index contributed by atoms with van der Waals surface area (Å²) in [5.41, 5.74) is 1.16. The van der Waals surface area contributed by atoms with Gasteiger partial charge in [0.1, 0.15) is 45.8 Å². The Hall–Kier alpha value is -3.02. The number of fused-ring (bicyclic) bond motifs is 2. The van der Waals surface area contributed by atoms with Crippen molar-refractivity contribution in [2.45, 2.75) is 31.3 Å². The highest BCUT2D eigenvalue weighted by molar-refractivity contribution is 6.35. The Morgan fingerprint density at radius 3 is 2.81 bits per heavy atom. The van der Waals surface area contributed by atoms with Crippen LogP contribution in [0.2, 0.25) is 10.3 Å². The molecule has 1 amide bonds. The lowest BCUT2D eigenvalue weighted by Gasteiger charge is -2.17. The van der Waals surface area contributed by atoms with Crippen molar-refractivity contribution in [3.05, 3.63) is 64.1 Å². The number of hydrogen-bond acceptors (Lipinski definition) is 7. The molecule has 1 aromatic carbocycles. The number of hydrogen-bond donors (Lipinski definition) is 2. The Balaban J connectivity index is 1.37. The molecule has 0 radical (unpaired) electrons. The van der Waals surface area contributed by atoms with E-state index in [-0.39, 0.29) is 46.0 Å². The van der Waals surface area contributed by atoms with Gasteiger partial charge in [0.25, 0.3) is 5.91 Å². The van der Waals surface area contributed by atoms with E-state index in [1.54, 1.807) is 19.1 Å². The Kier molecular flexibility index (Phi) is 5.73. The molecule has 4 atom stereocenters.